The summed E-state index contributed by atoms with van der Waals surface area (Å²) in [6.45, 7) is 7.25. The zero-order valence-electron chi connectivity index (χ0n) is 14.8. The monoisotopic (exact) mass is 341 g/mol. The summed E-state index contributed by atoms with van der Waals surface area (Å²) in [5.41, 5.74) is 2.07. The van der Waals surface area contributed by atoms with Gasteiger partial charge in [0.1, 0.15) is 5.69 Å². The average molecular weight is 341 g/mol. The van der Waals surface area contributed by atoms with Crippen molar-refractivity contribution < 1.29 is 14.3 Å². The number of rotatable bonds is 4. The number of hydrogen-bond acceptors (Lipinski definition) is 5. The van der Waals surface area contributed by atoms with Crippen molar-refractivity contribution in [2.24, 2.45) is 5.92 Å². The molecule has 1 amide bonds. The van der Waals surface area contributed by atoms with E-state index < -0.39 is 0 Å². The molecule has 0 spiro atoms. The van der Waals surface area contributed by atoms with E-state index >= 15 is 0 Å². The largest absolute Gasteiger partial charge is 0.490 e. The standard InChI is InChI=1S/C19H23N3O3/c1-12(2)18(22-19(23)15-11-20-13(3)10-21-15)14-5-6-16-17(9-14)25-8-4-7-24-16/h5-6,9-12,18H,4,7-8H2,1-3H3,(H,22,23)/t18-/m0/s1. The van der Waals surface area contributed by atoms with Crippen molar-refractivity contribution in [3.8, 4) is 11.5 Å². The van der Waals surface area contributed by atoms with Crippen LogP contribution in [0.4, 0.5) is 0 Å². The third-order valence-electron chi connectivity index (χ3n) is 4.10. The number of amides is 1. The molecule has 0 unspecified atom stereocenters. The molecule has 0 radical (unpaired) electrons. The molecular formula is C19H23N3O3. The van der Waals surface area contributed by atoms with E-state index in [2.05, 4.69) is 29.1 Å². The van der Waals surface area contributed by atoms with Gasteiger partial charge >= 0.3 is 0 Å². The molecule has 1 aromatic heterocycles. The van der Waals surface area contributed by atoms with E-state index in [4.69, 9.17) is 9.47 Å². The van der Waals surface area contributed by atoms with Crippen LogP contribution in [0.3, 0.4) is 0 Å². The summed E-state index contributed by atoms with van der Waals surface area (Å²) in [6, 6.07) is 5.67. The molecule has 0 saturated carbocycles. The molecule has 1 aliphatic rings. The van der Waals surface area contributed by atoms with Crippen LogP contribution in [0.1, 0.15) is 48.1 Å². The zero-order chi connectivity index (χ0) is 17.8. The first kappa shape index (κ1) is 17.2. The first-order chi connectivity index (χ1) is 12.0. The van der Waals surface area contributed by atoms with E-state index in [1.54, 1.807) is 6.20 Å². The molecule has 3 rings (SSSR count). The van der Waals surface area contributed by atoms with E-state index in [0.29, 0.717) is 18.9 Å². The molecule has 1 aromatic carbocycles. The van der Waals surface area contributed by atoms with Gasteiger partial charge in [0, 0.05) is 12.6 Å². The normalized spacial score (nSPS) is 14.7. The highest BCUT2D eigenvalue weighted by Crippen LogP contribution is 2.34. The van der Waals surface area contributed by atoms with Gasteiger partial charge < -0.3 is 14.8 Å². The molecule has 1 atom stereocenters. The van der Waals surface area contributed by atoms with Crippen LogP contribution in [-0.4, -0.2) is 29.1 Å². The minimum absolute atomic E-state index is 0.159. The number of hydrogen-bond donors (Lipinski definition) is 1. The smallest absolute Gasteiger partial charge is 0.271 e. The van der Waals surface area contributed by atoms with Gasteiger partial charge in [-0.1, -0.05) is 19.9 Å². The maximum atomic E-state index is 12.5. The molecule has 132 valence electrons. The topological polar surface area (TPSA) is 73.3 Å². The molecule has 0 bridgehead atoms. The molecule has 6 nitrogen and oxygen atoms in total. The van der Waals surface area contributed by atoms with Crippen molar-refractivity contribution in [2.75, 3.05) is 13.2 Å². The van der Waals surface area contributed by atoms with Gasteiger partial charge in [-0.05, 0) is 30.5 Å². The van der Waals surface area contributed by atoms with Crippen molar-refractivity contribution in [1.29, 1.82) is 0 Å². The highest BCUT2D eigenvalue weighted by molar-refractivity contribution is 5.92. The van der Waals surface area contributed by atoms with Crippen molar-refractivity contribution >= 4 is 5.91 Å². The van der Waals surface area contributed by atoms with Gasteiger partial charge in [0.15, 0.2) is 11.5 Å². The van der Waals surface area contributed by atoms with Gasteiger partial charge in [-0.3, -0.25) is 9.78 Å². The summed E-state index contributed by atoms with van der Waals surface area (Å²) in [4.78, 5) is 20.8. The second-order valence-corrected chi connectivity index (χ2v) is 6.49. The first-order valence-electron chi connectivity index (χ1n) is 8.53. The van der Waals surface area contributed by atoms with Crippen molar-refractivity contribution in [3.63, 3.8) is 0 Å². The zero-order valence-corrected chi connectivity index (χ0v) is 14.8. The van der Waals surface area contributed by atoms with Crippen molar-refractivity contribution in [1.82, 2.24) is 15.3 Å². The Kier molecular flexibility index (Phi) is 5.16. The average Bonchev–Trinajstić information content (AvgIpc) is 2.84. The van der Waals surface area contributed by atoms with Crippen LogP contribution >= 0.6 is 0 Å². The molecule has 1 aliphatic heterocycles. The van der Waals surface area contributed by atoms with Gasteiger partial charge in [0.2, 0.25) is 0 Å². The summed E-state index contributed by atoms with van der Waals surface area (Å²) in [5.74, 6) is 1.44. The third kappa shape index (κ3) is 4.07. The molecular weight excluding hydrogens is 318 g/mol. The Morgan fingerprint density at radius 2 is 1.88 bits per heavy atom. The lowest BCUT2D eigenvalue weighted by Crippen LogP contribution is -2.32. The summed E-state index contributed by atoms with van der Waals surface area (Å²) in [5, 5.41) is 3.05. The number of fused-ring (bicyclic) bond motifs is 1. The van der Waals surface area contributed by atoms with Crippen LogP contribution in [0, 0.1) is 12.8 Å². The van der Waals surface area contributed by atoms with Gasteiger partial charge in [0.05, 0.1) is 31.1 Å². The van der Waals surface area contributed by atoms with Gasteiger partial charge in [-0.2, -0.15) is 0 Å². The van der Waals surface area contributed by atoms with Crippen LogP contribution in [0.5, 0.6) is 11.5 Å². The van der Waals surface area contributed by atoms with E-state index in [1.807, 2.05) is 25.1 Å². The lowest BCUT2D eigenvalue weighted by Gasteiger charge is -2.23. The predicted molar refractivity (Wildman–Crippen MR) is 93.9 cm³/mol. The fraction of sp³-hybridized carbons (Fsp3) is 0.421. The highest BCUT2D eigenvalue weighted by atomic mass is 16.5. The van der Waals surface area contributed by atoms with Crippen LogP contribution in [0.15, 0.2) is 30.6 Å². The molecule has 0 aliphatic carbocycles. The first-order valence-corrected chi connectivity index (χ1v) is 8.53. The van der Waals surface area contributed by atoms with E-state index in [9.17, 15) is 4.79 Å². The summed E-state index contributed by atoms with van der Waals surface area (Å²) in [6.07, 6.45) is 3.95. The fourth-order valence-electron chi connectivity index (χ4n) is 2.73. The summed E-state index contributed by atoms with van der Waals surface area (Å²) < 4.78 is 11.4. The molecule has 0 saturated heterocycles. The Hall–Kier alpha value is -2.63. The number of benzene rings is 1. The molecule has 25 heavy (non-hydrogen) atoms. The minimum atomic E-state index is -0.238. The van der Waals surface area contributed by atoms with Crippen LogP contribution in [-0.2, 0) is 0 Å². The fourth-order valence-corrected chi connectivity index (χ4v) is 2.73. The van der Waals surface area contributed by atoms with E-state index in [0.717, 1.165) is 29.2 Å². The number of carbonyl (C=O) groups excluding carboxylic acids is 1. The Morgan fingerprint density at radius 3 is 2.56 bits per heavy atom. The van der Waals surface area contributed by atoms with Crippen LogP contribution in [0.25, 0.3) is 0 Å². The second-order valence-electron chi connectivity index (χ2n) is 6.49. The number of nitrogens with one attached hydrogen (secondary N) is 1. The van der Waals surface area contributed by atoms with Crippen LogP contribution in [0.2, 0.25) is 0 Å². The van der Waals surface area contributed by atoms with Crippen molar-refractivity contribution in [3.05, 3.63) is 47.5 Å². The number of carbonyl (C=O) groups is 1. The summed E-state index contributed by atoms with van der Waals surface area (Å²) >= 11 is 0. The molecule has 1 N–H and O–H groups in total. The SMILES string of the molecule is Cc1cnc(C(=O)N[C@H](c2ccc3c(c2)OCCCO3)C(C)C)cn1. The van der Waals surface area contributed by atoms with Gasteiger partial charge in [-0.25, -0.2) is 4.98 Å². The second kappa shape index (κ2) is 7.51. The van der Waals surface area contributed by atoms with E-state index in [-0.39, 0.29) is 17.9 Å². The number of aromatic nitrogens is 2. The Bertz CT molecular complexity index is 744. The molecule has 6 heteroatoms. The summed E-state index contributed by atoms with van der Waals surface area (Å²) in [7, 11) is 0. The number of nitrogens with zero attached hydrogens (tertiary/aromatic N) is 2. The Morgan fingerprint density at radius 1 is 1.12 bits per heavy atom. The van der Waals surface area contributed by atoms with E-state index in [1.165, 1.54) is 6.20 Å². The lowest BCUT2D eigenvalue weighted by atomic mass is 9.95. The number of aryl methyl sites for hydroxylation is 1. The molecule has 0 fully saturated rings. The third-order valence-corrected chi connectivity index (χ3v) is 4.10. The van der Waals surface area contributed by atoms with Gasteiger partial charge in [-0.15, -0.1) is 0 Å². The van der Waals surface area contributed by atoms with Crippen LogP contribution < -0.4 is 14.8 Å². The van der Waals surface area contributed by atoms with Gasteiger partial charge in [0.25, 0.3) is 5.91 Å². The maximum Gasteiger partial charge on any atom is 0.271 e. The van der Waals surface area contributed by atoms with Crippen molar-refractivity contribution in [2.45, 2.75) is 33.2 Å². The minimum Gasteiger partial charge on any atom is -0.490 e. The predicted octanol–water partition coefficient (Wildman–Crippen LogP) is 3.07. The lowest BCUT2D eigenvalue weighted by molar-refractivity contribution is 0.0920. The number of ether oxygens (including phenoxy) is 2. The maximum absolute atomic E-state index is 12.5. The molecule has 2 heterocycles. The molecule has 2 aromatic rings. The quantitative estimate of drug-likeness (QED) is 0.925. The Labute approximate surface area is 147 Å². The Balaban J connectivity index is 1.82. The highest BCUT2D eigenvalue weighted by Gasteiger charge is 2.22.